The quantitative estimate of drug-likeness (QED) is 0.836. The van der Waals surface area contributed by atoms with Crippen molar-refractivity contribution >= 4 is 10.0 Å². The maximum atomic E-state index is 12.1. The van der Waals surface area contributed by atoms with E-state index < -0.39 is 10.0 Å². The Morgan fingerprint density at radius 1 is 1.32 bits per heavy atom. The van der Waals surface area contributed by atoms with Gasteiger partial charge in [0.2, 0.25) is 10.0 Å². The lowest BCUT2D eigenvalue weighted by atomic mass is 10.1. The number of furan rings is 1. The zero-order valence-corrected chi connectivity index (χ0v) is 14.7. The van der Waals surface area contributed by atoms with Crippen LogP contribution in [0.5, 0.6) is 0 Å². The first-order chi connectivity index (χ1) is 10.5. The van der Waals surface area contributed by atoms with E-state index >= 15 is 0 Å². The number of sulfonamides is 1. The van der Waals surface area contributed by atoms with Crippen molar-refractivity contribution in [2.45, 2.75) is 58.5 Å². The zero-order chi connectivity index (χ0) is 16.2. The predicted molar refractivity (Wildman–Crippen MR) is 88.3 cm³/mol. The maximum absolute atomic E-state index is 12.1. The van der Waals surface area contributed by atoms with E-state index in [9.17, 15) is 8.42 Å². The highest BCUT2D eigenvalue weighted by Crippen LogP contribution is 2.21. The van der Waals surface area contributed by atoms with Crippen LogP contribution in [-0.2, 0) is 16.4 Å². The number of hydrogen-bond acceptors (Lipinski definition) is 4. The Morgan fingerprint density at radius 2 is 2.00 bits per heavy atom. The lowest BCUT2D eigenvalue weighted by Crippen LogP contribution is -2.46. The van der Waals surface area contributed by atoms with E-state index in [2.05, 4.69) is 19.2 Å². The summed E-state index contributed by atoms with van der Waals surface area (Å²) in [7, 11) is -3.05. The van der Waals surface area contributed by atoms with Gasteiger partial charge >= 0.3 is 0 Å². The molecule has 1 aliphatic rings. The molecule has 0 spiro atoms. The van der Waals surface area contributed by atoms with Crippen LogP contribution in [0.1, 0.15) is 57.6 Å². The van der Waals surface area contributed by atoms with E-state index in [4.69, 9.17) is 4.42 Å². The summed E-state index contributed by atoms with van der Waals surface area (Å²) in [5.41, 5.74) is 0. The Hall–Kier alpha value is -0.850. The molecule has 126 valence electrons. The highest BCUT2D eigenvalue weighted by atomic mass is 32.2. The van der Waals surface area contributed by atoms with Crippen molar-refractivity contribution in [3.8, 4) is 0 Å². The number of aryl methyl sites for hydroxylation is 1. The third-order valence-electron chi connectivity index (χ3n) is 4.25. The minimum atomic E-state index is -3.05. The molecule has 1 fully saturated rings. The largest absolute Gasteiger partial charge is 0.464 e. The lowest BCUT2D eigenvalue weighted by Gasteiger charge is -2.32. The Bertz CT molecular complexity index is 560. The molecule has 0 aromatic carbocycles. The van der Waals surface area contributed by atoms with Crippen molar-refractivity contribution in [1.29, 1.82) is 0 Å². The molecular formula is C16H28N2O3S. The van der Waals surface area contributed by atoms with Crippen LogP contribution in [0.25, 0.3) is 0 Å². The summed E-state index contributed by atoms with van der Waals surface area (Å²) in [4.78, 5) is 0. The van der Waals surface area contributed by atoms with Gasteiger partial charge in [-0.1, -0.05) is 13.8 Å². The first kappa shape index (κ1) is 17.5. The third kappa shape index (κ3) is 4.33. The van der Waals surface area contributed by atoms with Gasteiger partial charge in [-0.25, -0.2) is 12.7 Å². The molecule has 0 saturated carbocycles. The summed E-state index contributed by atoms with van der Waals surface area (Å²) in [6.45, 7) is 7.31. The van der Waals surface area contributed by atoms with Crippen molar-refractivity contribution in [2.75, 3.05) is 18.8 Å². The monoisotopic (exact) mass is 328 g/mol. The Labute approximate surface area is 134 Å². The molecule has 1 N–H and O–H groups in total. The topological polar surface area (TPSA) is 62.6 Å². The SMILES string of the molecule is CCCS(=O)(=O)N1CCC(N[C@@H](C)c2ccc(CC)o2)CC1. The molecular weight excluding hydrogens is 300 g/mol. The molecule has 1 aliphatic heterocycles. The third-order valence-corrected chi connectivity index (χ3v) is 6.33. The number of nitrogens with zero attached hydrogens (tertiary/aromatic N) is 1. The van der Waals surface area contributed by atoms with Crippen LogP contribution in [0, 0.1) is 0 Å². The fourth-order valence-corrected chi connectivity index (χ4v) is 4.48. The number of rotatable bonds is 7. The van der Waals surface area contributed by atoms with E-state index in [-0.39, 0.29) is 11.8 Å². The number of piperidine rings is 1. The minimum Gasteiger partial charge on any atom is -0.464 e. The molecule has 1 aromatic heterocycles. The van der Waals surface area contributed by atoms with E-state index in [0.717, 1.165) is 30.8 Å². The van der Waals surface area contributed by atoms with Crippen LogP contribution in [0.2, 0.25) is 0 Å². The summed E-state index contributed by atoms with van der Waals surface area (Å²) in [5.74, 6) is 2.22. The van der Waals surface area contributed by atoms with Crippen molar-refractivity contribution in [1.82, 2.24) is 9.62 Å². The summed E-state index contributed by atoms with van der Waals surface area (Å²) in [6.07, 6.45) is 3.29. The Kier molecular flexibility index (Phi) is 6.06. The molecule has 0 aliphatic carbocycles. The van der Waals surface area contributed by atoms with Gasteiger partial charge < -0.3 is 9.73 Å². The van der Waals surface area contributed by atoms with E-state index in [1.165, 1.54) is 0 Å². The Balaban J connectivity index is 1.84. The molecule has 6 heteroatoms. The van der Waals surface area contributed by atoms with E-state index in [0.29, 0.717) is 25.6 Å². The van der Waals surface area contributed by atoms with Crippen LogP contribution in [0.3, 0.4) is 0 Å². The maximum Gasteiger partial charge on any atom is 0.214 e. The van der Waals surface area contributed by atoms with Gasteiger partial charge in [0.1, 0.15) is 11.5 Å². The Morgan fingerprint density at radius 3 is 2.55 bits per heavy atom. The second-order valence-corrected chi connectivity index (χ2v) is 8.12. The van der Waals surface area contributed by atoms with Gasteiger partial charge in [-0.15, -0.1) is 0 Å². The molecule has 0 unspecified atom stereocenters. The second-order valence-electron chi connectivity index (χ2n) is 6.04. The zero-order valence-electron chi connectivity index (χ0n) is 13.8. The van der Waals surface area contributed by atoms with Gasteiger partial charge in [-0.2, -0.15) is 0 Å². The first-order valence-corrected chi connectivity index (χ1v) is 9.89. The molecule has 5 nitrogen and oxygen atoms in total. The summed E-state index contributed by atoms with van der Waals surface area (Å²) in [6, 6.07) is 4.55. The van der Waals surface area contributed by atoms with Gasteiger partial charge in [0, 0.05) is 25.6 Å². The molecule has 22 heavy (non-hydrogen) atoms. The molecule has 1 aromatic rings. The fraction of sp³-hybridized carbons (Fsp3) is 0.750. The molecule has 1 saturated heterocycles. The number of nitrogens with one attached hydrogen (secondary N) is 1. The molecule has 0 radical (unpaired) electrons. The van der Waals surface area contributed by atoms with Gasteiger partial charge in [-0.3, -0.25) is 0 Å². The summed E-state index contributed by atoms with van der Waals surface area (Å²) in [5, 5.41) is 3.56. The van der Waals surface area contributed by atoms with Gasteiger partial charge in [-0.05, 0) is 38.3 Å². The molecule has 2 rings (SSSR count). The number of hydrogen-bond donors (Lipinski definition) is 1. The van der Waals surface area contributed by atoms with E-state index in [1.807, 2.05) is 19.1 Å². The first-order valence-electron chi connectivity index (χ1n) is 8.28. The van der Waals surface area contributed by atoms with Crippen LogP contribution in [0.4, 0.5) is 0 Å². The standard InChI is InChI=1S/C16H28N2O3S/c1-4-12-22(19,20)18-10-8-14(9-11-18)17-13(3)16-7-6-15(5-2)21-16/h6-7,13-14,17H,4-5,8-12H2,1-3H3/t13-/m0/s1. The van der Waals surface area contributed by atoms with Crippen LogP contribution in [-0.4, -0.2) is 37.6 Å². The fourth-order valence-electron chi connectivity index (χ4n) is 2.94. The van der Waals surface area contributed by atoms with Gasteiger partial charge in [0.15, 0.2) is 0 Å². The highest BCUT2D eigenvalue weighted by molar-refractivity contribution is 7.89. The molecule has 2 heterocycles. The van der Waals surface area contributed by atoms with Crippen molar-refractivity contribution in [3.63, 3.8) is 0 Å². The second kappa shape index (κ2) is 7.62. The molecule has 0 amide bonds. The van der Waals surface area contributed by atoms with Crippen molar-refractivity contribution in [2.24, 2.45) is 0 Å². The smallest absolute Gasteiger partial charge is 0.214 e. The molecule has 0 bridgehead atoms. The predicted octanol–water partition coefficient (Wildman–Crippen LogP) is 2.70. The molecule has 1 atom stereocenters. The van der Waals surface area contributed by atoms with Crippen LogP contribution < -0.4 is 5.32 Å². The summed E-state index contributed by atoms with van der Waals surface area (Å²) >= 11 is 0. The highest BCUT2D eigenvalue weighted by Gasteiger charge is 2.28. The van der Waals surface area contributed by atoms with Crippen molar-refractivity contribution in [3.05, 3.63) is 23.7 Å². The van der Waals surface area contributed by atoms with Crippen LogP contribution >= 0.6 is 0 Å². The van der Waals surface area contributed by atoms with Gasteiger partial charge in [0.05, 0.1) is 11.8 Å². The van der Waals surface area contributed by atoms with Crippen LogP contribution in [0.15, 0.2) is 16.5 Å². The van der Waals surface area contributed by atoms with Crippen molar-refractivity contribution < 1.29 is 12.8 Å². The normalized spacial score (nSPS) is 19.4. The van der Waals surface area contributed by atoms with E-state index in [1.54, 1.807) is 4.31 Å². The summed E-state index contributed by atoms with van der Waals surface area (Å²) < 4.78 is 31.5. The lowest BCUT2D eigenvalue weighted by molar-refractivity contribution is 0.267. The average molecular weight is 328 g/mol. The van der Waals surface area contributed by atoms with Gasteiger partial charge in [0.25, 0.3) is 0 Å². The minimum absolute atomic E-state index is 0.157. The average Bonchev–Trinajstić information content (AvgIpc) is 2.97.